The highest BCUT2D eigenvalue weighted by Gasteiger charge is 2.09. The minimum atomic E-state index is -0.261. The first-order chi connectivity index (χ1) is 9.06. The normalized spacial score (nSPS) is 12.0. The van der Waals surface area contributed by atoms with Gasteiger partial charge in [-0.1, -0.05) is 11.6 Å². The molecule has 1 aromatic rings. The van der Waals surface area contributed by atoms with Gasteiger partial charge in [0, 0.05) is 22.6 Å². The van der Waals surface area contributed by atoms with Gasteiger partial charge in [0.15, 0.2) is 0 Å². The molecule has 1 aromatic carbocycles. The number of hydrogen-bond acceptors (Lipinski definition) is 3. The molecule has 3 N–H and O–H groups in total. The number of carbonyl (C=O) groups is 1. The van der Waals surface area contributed by atoms with Crippen molar-refractivity contribution in [3.63, 3.8) is 0 Å². The average molecular weight is 303 g/mol. The van der Waals surface area contributed by atoms with E-state index in [1.165, 1.54) is 0 Å². The minimum absolute atomic E-state index is 0.0177. The summed E-state index contributed by atoms with van der Waals surface area (Å²) in [6.07, 6.45) is 3.36. The quantitative estimate of drug-likeness (QED) is 0.706. The van der Waals surface area contributed by atoms with Crippen LogP contribution < -0.4 is 10.6 Å². The summed E-state index contributed by atoms with van der Waals surface area (Å²) in [6.45, 7) is 2.04. The van der Waals surface area contributed by atoms with E-state index in [-0.39, 0.29) is 18.7 Å². The Morgan fingerprint density at radius 2 is 2.26 bits per heavy atom. The topological polar surface area (TPSA) is 61.4 Å². The number of carbonyl (C=O) groups excluding carboxylic acids is 1. The number of nitrogens with one attached hydrogen (secondary N) is 2. The van der Waals surface area contributed by atoms with Gasteiger partial charge in [0.05, 0.1) is 5.69 Å². The van der Waals surface area contributed by atoms with Crippen LogP contribution in [0.2, 0.25) is 5.02 Å². The number of amides is 2. The Balaban J connectivity index is 2.59. The molecule has 19 heavy (non-hydrogen) atoms. The fourth-order valence-corrected chi connectivity index (χ4v) is 2.34. The second-order valence-electron chi connectivity index (χ2n) is 4.21. The van der Waals surface area contributed by atoms with Crippen LogP contribution in [0.1, 0.15) is 19.8 Å². The molecule has 0 spiro atoms. The van der Waals surface area contributed by atoms with Gasteiger partial charge < -0.3 is 15.7 Å². The van der Waals surface area contributed by atoms with Crippen molar-refractivity contribution in [3.05, 3.63) is 23.2 Å². The second-order valence-corrected chi connectivity index (χ2v) is 5.49. The molecule has 0 saturated carbocycles. The molecule has 1 atom stereocenters. The maximum atomic E-state index is 11.8. The van der Waals surface area contributed by atoms with Crippen LogP contribution in [0.15, 0.2) is 23.1 Å². The molecule has 2 amide bonds. The summed E-state index contributed by atoms with van der Waals surface area (Å²) < 4.78 is 0. The summed E-state index contributed by atoms with van der Waals surface area (Å²) in [5.41, 5.74) is 0.701. The van der Waals surface area contributed by atoms with E-state index < -0.39 is 0 Å². The van der Waals surface area contributed by atoms with Gasteiger partial charge in [-0.25, -0.2) is 4.79 Å². The Morgan fingerprint density at radius 1 is 1.53 bits per heavy atom. The van der Waals surface area contributed by atoms with Crippen molar-refractivity contribution in [1.29, 1.82) is 0 Å². The van der Waals surface area contributed by atoms with Crippen LogP contribution in [0.3, 0.4) is 0 Å². The highest BCUT2D eigenvalue weighted by Crippen LogP contribution is 2.28. The smallest absolute Gasteiger partial charge is 0.319 e. The zero-order valence-electron chi connectivity index (χ0n) is 11.1. The van der Waals surface area contributed by atoms with Gasteiger partial charge in [0.2, 0.25) is 0 Å². The van der Waals surface area contributed by atoms with Crippen LogP contribution in [0.5, 0.6) is 0 Å². The lowest BCUT2D eigenvalue weighted by Crippen LogP contribution is -2.36. The van der Waals surface area contributed by atoms with Crippen LogP contribution in [0, 0.1) is 0 Å². The van der Waals surface area contributed by atoms with E-state index in [1.54, 1.807) is 23.9 Å². The molecule has 0 fully saturated rings. The van der Waals surface area contributed by atoms with Gasteiger partial charge in [-0.15, -0.1) is 11.8 Å². The molecule has 1 unspecified atom stereocenters. The van der Waals surface area contributed by atoms with E-state index in [0.717, 1.165) is 11.3 Å². The molecule has 106 valence electrons. The van der Waals surface area contributed by atoms with E-state index in [1.807, 2.05) is 19.2 Å². The summed E-state index contributed by atoms with van der Waals surface area (Å²) in [4.78, 5) is 12.8. The number of aliphatic hydroxyl groups is 1. The molecule has 0 radical (unpaired) electrons. The first-order valence-electron chi connectivity index (χ1n) is 6.08. The van der Waals surface area contributed by atoms with Crippen molar-refractivity contribution in [1.82, 2.24) is 5.32 Å². The van der Waals surface area contributed by atoms with E-state index in [4.69, 9.17) is 16.7 Å². The number of aliphatic hydroxyl groups excluding tert-OH is 1. The number of thioether (sulfide) groups is 1. The molecule has 0 aliphatic carbocycles. The zero-order chi connectivity index (χ0) is 14.3. The van der Waals surface area contributed by atoms with Crippen molar-refractivity contribution in [2.45, 2.75) is 30.7 Å². The molecule has 0 aromatic heterocycles. The lowest BCUT2D eigenvalue weighted by Gasteiger charge is -2.15. The summed E-state index contributed by atoms with van der Waals surface area (Å²) in [6, 6.07) is 5.15. The predicted octanol–water partition coefficient (Wildman–Crippen LogP) is 3.34. The number of rotatable bonds is 6. The Morgan fingerprint density at radius 3 is 2.89 bits per heavy atom. The first kappa shape index (κ1) is 16.1. The molecule has 0 bridgehead atoms. The highest BCUT2D eigenvalue weighted by atomic mass is 35.5. The molecule has 0 aliphatic rings. The average Bonchev–Trinajstić information content (AvgIpc) is 2.36. The van der Waals surface area contributed by atoms with Crippen molar-refractivity contribution < 1.29 is 9.90 Å². The van der Waals surface area contributed by atoms with Crippen LogP contribution >= 0.6 is 23.4 Å². The van der Waals surface area contributed by atoms with Crippen LogP contribution in [0.25, 0.3) is 0 Å². The molecule has 1 rings (SSSR count). The summed E-state index contributed by atoms with van der Waals surface area (Å²) in [5.74, 6) is 0. The third-order valence-corrected chi connectivity index (χ3v) is 3.61. The summed E-state index contributed by atoms with van der Waals surface area (Å²) >= 11 is 7.47. The fourth-order valence-electron chi connectivity index (χ4n) is 1.63. The van der Waals surface area contributed by atoms with E-state index >= 15 is 0 Å². The van der Waals surface area contributed by atoms with Gasteiger partial charge in [-0.3, -0.25) is 0 Å². The van der Waals surface area contributed by atoms with Gasteiger partial charge in [0.1, 0.15) is 0 Å². The molecule has 0 saturated heterocycles. The van der Waals surface area contributed by atoms with Gasteiger partial charge in [0.25, 0.3) is 0 Å². The van der Waals surface area contributed by atoms with Crippen LogP contribution in [0.4, 0.5) is 10.5 Å². The summed E-state index contributed by atoms with van der Waals surface area (Å²) in [7, 11) is 0. The Kier molecular flexibility index (Phi) is 7.05. The van der Waals surface area contributed by atoms with Gasteiger partial charge in [-0.05, 0) is 44.2 Å². The lowest BCUT2D eigenvalue weighted by atomic mass is 10.2. The predicted molar refractivity (Wildman–Crippen MR) is 81.2 cm³/mol. The molecule has 0 aliphatic heterocycles. The maximum absolute atomic E-state index is 11.8. The second kappa shape index (κ2) is 8.30. The Labute approximate surface area is 122 Å². The number of halogens is 1. The lowest BCUT2D eigenvalue weighted by molar-refractivity contribution is 0.245. The summed E-state index contributed by atoms with van der Waals surface area (Å²) in [5, 5.41) is 14.9. The number of benzene rings is 1. The third-order valence-electron chi connectivity index (χ3n) is 2.58. The number of hydrogen-bond donors (Lipinski definition) is 3. The van der Waals surface area contributed by atoms with Crippen molar-refractivity contribution in [2.24, 2.45) is 0 Å². The number of anilines is 1. The van der Waals surface area contributed by atoms with Gasteiger partial charge >= 0.3 is 6.03 Å². The van der Waals surface area contributed by atoms with Gasteiger partial charge in [-0.2, -0.15) is 0 Å². The van der Waals surface area contributed by atoms with Crippen molar-refractivity contribution in [3.8, 4) is 0 Å². The maximum Gasteiger partial charge on any atom is 0.319 e. The Bertz CT molecular complexity index is 429. The van der Waals surface area contributed by atoms with Crippen LogP contribution in [-0.4, -0.2) is 30.0 Å². The standard InChI is InChI=1S/C13H19ClN2O2S/c1-9(4-3-7-17)15-13(18)16-11-8-10(14)5-6-12(11)19-2/h5-6,8-9,17H,3-4,7H2,1-2H3,(H2,15,16,18). The van der Waals surface area contributed by atoms with E-state index in [9.17, 15) is 4.79 Å². The van der Waals surface area contributed by atoms with Crippen LogP contribution in [-0.2, 0) is 0 Å². The number of urea groups is 1. The third kappa shape index (κ3) is 5.72. The van der Waals surface area contributed by atoms with Crippen molar-refractivity contribution in [2.75, 3.05) is 18.2 Å². The fraction of sp³-hybridized carbons (Fsp3) is 0.462. The van der Waals surface area contributed by atoms with Crippen molar-refractivity contribution >= 4 is 35.1 Å². The van der Waals surface area contributed by atoms with E-state index in [2.05, 4.69) is 10.6 Å². The first-order valence-corrected chi connectivity index (χ1v) is 7.69. The SMILES string of the molecule is CSc1ccc(Cl)cc1NC(=O)NC(C)CCCO. The molecule has 4 nitrogen and oxygen atoms in total. The zero-order valence-corrected chi connectivity index (χ0v) is 12.6. The molecular formula is C13H19ClN2O2S. The highest BCUT2D eigenvalue weighted by molar-refractivity contribution is 7.98. The minimum Gasteiger partial charge on any atom is -0.396 e. The van der Waals surface area contributed by atoms with E-state index in [0.29, 0.717) is 17.1 Å². The molecule has 0 heterocycles. The molecular weight excluding hydrogens is 284 g/mol. The largest absolute Gasteiger partial charge is 0.396 e. The Hall–Kier alpha value is -0.910. The molecule has 6 heteroatoms. The monoisotopic (exact) mass is 302 g/mol.